The summed E-state index contributed by atoms with van der Waals surface area (Å²) in [4.78, 5) is 11.7. The summed E-state index contributed by atoms with van der Waals surface area (Å²) in [5.74, 6) is 4.18. The van der Waals surface area contributed by atoms with E-state index in [1.807, 2.05) is 0 Å². The highest BCUT2D eigenvalue weighted by molar-refractivity contribution is 6.06. The third-order valence-electron chi connectivity index (χ3n) is 3.22. The van der Waals surface area contributed by atoms with Crippen LogP contribution in [0.2, 0.25) is 0 Å². The molecule has 26 heavy (non-hydrogen) atoms. The van der Waals surface area contributed by atoms with E-state index < -0.39 is 18.6 Å². The third-order valence-corrected chi connectivity index (χ3v) is 3.22. The Labute approximate surface area is 148 Å². The predicted octanol–water partition coefficient (Wildman–Crippen LogP) is 2.39. The number of nitrogens with zero attached hydrogens (tertiary/aromatic N) is 5. The number of hydrazone groups is 2. The average Bonchev–Trinajstić information content (AvgIpc) is 2.61. The number of rotatable bonds is 3. The van der Waals surface area contributed by atoms with Crippen LogP contribution in [0.25, 0.3) is 0 Å². The van der Waals surface area contributed by atoms with E-state index in [0.29, 0.717) is 16.3 Å². The molecule has 1 atom stereocenters. The maximum atomic E-state index is 12.5. The molecule has 7 nitrogen and oxygen atoms in total. The van der Waals surface area contributed by atoms with Gasteiger partial charge in [-0.2, -0.15) is 23.4 Å². The number of nitrogens with two attached hydrogens (primary N) is 1. The second-order valence-electron chi connectivity index (χ2n) is 5.06. The van der Waals surface area contributed by atoms with Crippen LogP contribution in [0.15, 0.2) is 34.5 Å². The van der Waals surface area contributed by atoms with Gasteiger partial charge in [0.1, 0.15) is 6.54 Å². The van der Waals surface area contributed by atoms with Crippen LogP contribution >= 0.6 is 0 Å². The molecule has 1 amide bonds. The quantitative estimate of drug-likeness (QED) is 0.502. The van der Waals surface area contributed by atoms with Gasteiger partial charge in [-0.25, -0.2) is 15.5 Å². The highest BCUT2D eigenvalue weighted by Gasteiger charge is 2.36. The molecule has 1 aliphatic heterocycles. The fraction of sp³-hybridized carbons (Fsp3) is 0.312. The van der Waals surface area contributed by atoms with Gasteiger partial charge in [-0.3, -0.25) is 4.79 Å². The van der Waals surface area contributed by atoms with Gasteiger partial charge in [-0.15, -0.1) is 0 Å². The van der Waals surface area contributed by atoms with E-state index in [9.17, 15) is 18.0 Å². The number of carbonyl (C=O) groups is 1. The van der Waals surface area contributed by atoms with Crippen molar-refractivity contribution in [3.8, 4) is 13.1 Å². The van der Waals surface area contributed by atoms with Gasteiger partial charge >= 0.3 is 6.18 Å². The lowest BCUT2D eigenvalue weighted by molar-refractivity contribution is -0.162. The molecule has 2 rings (SSSR count). The van der Waals surface area contributed by atoms with Gasteiger partial charge in [0.05, 0.1) is 11.9 Å². The molecular formula is C16H17F3N6O. The number of nitriles is 2. The van der Waals surface area contributed by atoms with Crippen LogP contribution < -0.4 is 5.84 Å². The van der Waals surface area contributed by atoms with Crippen LogP contribution in [-0.4, -0.2) is 35.6 Å². The van der Waals surface area contributed by atoms with Crippen LogP contribution in [0.1, 0.15) is 24.5 Å². The van der Waals surface area contributed by atoms with Gasteiger partial charge in [0.2, 0.25) is 5.91 Å². The SMILES string of the molecule is C#N.C#N.CC1CC(=O)N(CC(F)(F)F)N=C1c1ccc(C=NN)cc1. The maximum absolute atomic E-state index is 12.5. The minimum absolute atomic E-state index is 0.000916. The monoisotopic (exact) mass is 366 g/mol. The number of alkyl halides is 3. The Kier molecular flexibility index (Phi) is 9.09. The van der Waals surface area contributed by atoms with Crippen molar-refractivity contribution in [2.45, 2.75) is 19.5 Å². The minimum Gasteiger partial charge on any atom is -0.323 e. The normalized spacial score (nSPS) is 16.8. The molecule has 0 aromatic heterocycles. The summed E-state index contributed by atoms with van der Waals surface area (Å²) in [6.45, 7) is 7.39. The molecule has 0 saturated heterocycles. The van der Waals surface area contributed by atoms with Gasteiger partial charge in [0.15, 0.2) is 0 Å². The molecule has 1 aromatic carbocycles. The van der Waals surface area contributed by atoms with E-state index in [0.717, 1.165) is 5.56 Å². The first-order valence-corrected chi connectivity index (χ1v) is 7.11. The molecule has 138 valence electrons. The molecule has 1 heterocycles. The molecule has 0 radical (unpaired) electrons. The molecule has 1 unspecified atom stereocenters. The molecule has 0 fully saturated rings. The van der Waals surface area contributed by atoms with Crippen molar-refractivity contribution in [1.82, 2.24) is 5.01 Å². The zero-order valence-electron chi connectivity index (χ0n) is 13.9. The van der Waals surface area contributed by atoms with Crippen molar-refractivity contribution >= 4 is 17.8 Å². The summed E-state index contributed by atoms with van der Waals surface area (Å²) in [5.41, 5.74) is 1.89. The van der Waals surface area contributed by atoms with Crippen LogP contribution in [-0.2, 0) is 4.79 Å². The van der Waals surface area contributed by atoms with Crippen LogP contribution in [0.4, 0.5) is 13.2 Å². The molecule has 0 aliphatic carbocycles. The summed E-state index contributed by atoms with van der Waals surface area (Å²) in [6, 6.07) is 6.89. The number of halogens is 3. The lowest BCUT2D eigenvalue weighted by Crippen LogP contribution is -2.41. The van der Waals surface area contributed by atoms with Crippen molar-refractivity contribution in [2.75, 3.05) is 6.54 Å². The van der Waals surface area contributed by atoms with E-state index >= 15 is 0 Å². The minimum atomic E-state index is -4.48. The first kappa shape index (κ1) is 22.6. The largest absolute Gasteiger partial charge is 0.408 e. The van der Waals surface area contributed by atoms with E-state index in [2.05, 4.69) is 23.3 Å². The van der Waals surface area contributed by atoms with Crippen LogP contribution in [0, 0.1) is 29.6 Å². The molecule has 0 spiro atoms. The first-order valence-electron chi connectivity index (χ1n) is 7.11. The number of benzene rings is 1. The van der Waals surface area contributed by atoms with Crippen molar-refractivity contribution in [3.63, 3.8) is 0 Å². The Morgan fingerprint density at radius 1 is 1.31 bits per heavy atom. The summed E-state index contributed by atoms with van der Waals surface area (Å²) in [6.07, 6.45) is -3.03. The fourth-order valence-electron chi connectivity index (χ4n) is 2.21. The zero-order valence-corrected chi connectivity index (χ0v) is 13.9. The zero-order chi connectivity index (χ0) is 20.3. The van der Waals surface area contributed by atoms with Crippen LogP contribution in [0.5, 0.6) is 0 Å². The summed E-state index contributed by atoms with van der Waals surface area (Å²) in [5, 5.41) is 20.8. The smallest absolute Gasteiger partial charge is 0.323 e. The summed E-state index contributed by atoms with van der Waals surface area (Å²) < 4.78 is 37.5. The standard InChI is InChI=1S/C14H15F3N4O.2CHN/c1-9-6-12(22)21(8-14(15,16)17)20-13(9)11-4-2-10(3-5-11)7-19-18;2*1-2/h2-5,7,9H,6,8,18H2,1H3;2*1H. The van der Waals surface area contributed by atoms with E-state index in [-0.39, 0.29) is 12.3 Å². The average molecular weight is 366 g/mol. The van der Waals surface area contributed by atoms with Crippen molar-refractivity contribution < 1.29 is 18.0 Å². The van der Waals surface area contributed by atoms with Gasteiger partial charge in [0, 0.05) is 25.5 Å². The number of hydrogen-bond acceptors (Lipinski definition) is 6. The molecule has 1 aliphatic rings. The number of hydrogen-bond donors (Lipinski definition) is 1. The highest BCUT2D eigenvalue weighted by Crippen LogP contribution is 2.24. The number of carbonyl (C=O) groups excluding carboxylic acids is 1. The molecule has 0 bridgehead atoms. The molecule has 1 aromatic rings. The second-order valence-corrected chi connectivity index (χ2v) is 5.06. The van der Waals surface area contributed by atoms with E-state index in [4.69, 9.17) is 16.4 Å². The van der Waals surface area contributed by atoms with Crippen molar-refractivity contribution in [1.29, 1.82) is 10.5 Å². The number of amides is 1. The first-order chi connectivity index (χ1) is 12.3. The summed E-state index contributed by atoms with van der Waals surface area (Å²) in [7, 11) is 0. The van der Waals surface area contributed by atoms with E-state index in [1.165, 1.54) is 6.21 Å². The van der Waals surface area contributed by atoms with Gasteiger partial charge in [-0.1, -0.05) is 31.2 Å². The van der Waals surface area contributed by atoms with E-state index in [1.54, 1.807) is 31.2 Å². The molecular weight excluding hydrogens is 349 g/mol. The molecule has 0 saturated carbocycles. The highest BCUT2D eigenvalue weighted by atomic mass is 19.4. The predicted molar refractivity (Wildman–Crippen MR) is 89.6 cm³/mol. The Morgan fingerprint density at radius 2 is 1.85 bits per heavy atom. The Balaban J connectivity index is 0.00000146. The topological polar surface area (TPSA) is 119 Å². The summed E-state index contributed by atoms with van der Waals surface area (Å²) >= 11 is 0. The van der Waals surface area contributed by atoms with Crippen molar-refractivity contribution in [2.24, 2.45) is 22.0 Å². The second kappa shape index (κ2) is 10.5. The third kappa shape index (κ3) is 6.61. The van der Waals surface area contributed by atoms with Gasteiger partial charge < -0.3 is 5.84 Å². The molecule has 2 N–H and O–H groups in total. The lowest BCUT2D eigenvalue weighted by atomic mass is 9.93. The Morgan fingerprint density at radius 3 is 2.31 bits per heavy atom. The Hall–Kier alpha value is -3.40. The van der Waals surface area contributed by atoms with Gasteiger partial charge in [-0.05, 0) is 11.1 Å². The fourth-order valence-corrected chi connectivity index (χ4v) is 2.21. The Bertz CT molecular complexity index is 685. The lowest BCUT2D eigenvalue weighted by Gasteiger charge is -2.28. The van der Waals surface area contributed by atoms with Crippen LogP contribution in [0.3, 0.4) is 0 Å². The maximum Gasteiger partial charge on any atom is 0.408 e. The van der Waals surface area contributed by atoms with Crippen molar-refractivity contribution in [3.05, 3.63) is 35.4 Å². The van der Waals surface area contributed by atoms with Gasteiger partial charge in [0.25, 0.3) is 0 Å². The molecule has 10 heteroatoms.